The zero-order valence-electron chi connectivity index (χ0n) is 8.79. The minimum absolute atomic E-state index is 0.0359. The number of methoxy groups -OCH3 is 1. The van der Waals surface area contributed by atoms with Crippen molar-refractivity contribution in [3.63, 3.8) is 0 Å². The van der Waals surface area contributed by atoms with Crippen LogP contribution >= 0.6 is 11.6 Å². The van der Waals surface area contributed by atoms with E-state index >= 15 is 0 Å². The maximum atomic E-state index is 10.9. The predicted octanol–water partition coefficient (Wildman–Crippen LogP) is 1.63. The van der Waals surface area contributed by atoms with E-state index in [-0.39, 0.29) is 5.69 Å². The molecule has 2 rings (SSSR count). The molecule has 1 aromatic heterocycles. The number of aromatic carboxylic acids is 1. The van der Waals surface area contributed by atoms with Crippen molar-refractivity contribution < 1.29 is 14.6 Å². The van der Waals surface area contributed by atoms with Gasteiger partial charge in [-0.05, 0) is 18.2 Å². The van der Waals surface area contributed by atoms with E-state index in [2.05, 4.69) is 10.3 Å². The molecule has 6 nitrogen and oxygen atoms in total. The van der Waals surface area contributed by atoms with Crippen molar-refractivity contribution in [1.82, 2.24) is 15.0 Å². The van der Waals surface area contributed by atoms with Gasteiger partial charge in [0, 0.05) is 0 Å². The molecule has 1 N–H and O–H groups in total. The molecular weight excluding hydrogens is 246 g/mol. The molecule has 88 valence electrons. The summed E-state index contributed by atoms with van der Waals surface area (Å²) in [5, 5.41) is 16.5. The summed E-state index contributed by atoms with van der Waals surface area (Å²) < 4.78 is 6.19. The van der Waals surface area contributed by atoms with Crippen LogP contribution in [0.4, 0.5) is 0 Å². The molecule has 0 aliphatic carbocycles. The molecular formula is C10H8ClN3O3. The lowest BCUT2D eigenvalue weighted by Crippen LogP contribution is -2.07. The number of hydrogen-bond acceptors (Lipinski definition) is 4. The number of carbonyl (C=O) groups is 1. The summed E-state index contributed by atoms with van der Waals surface area (Å²) in [5.74, 6) is -0.602. The molecule has 0 amide bonds. The van der Waals surface area contributed by atoms with E-state index in [9.17, 15) is 4.79 Å². The molecule has 0 saturated heterocycles. The second-order valence-corrected chi connectivity index (χ2v) is 3.56. The molecule has 0 spiro atoms. The van der Waals surface area contributed by atoms with E-state index < -0.39 is 5.97 Å². The Morgan fingerprint density at radius 2 is 2.29 bits per heavy atom. The third kappa shape index (κ3) is 2.07. The Morgan fingerprint density at radius 3 is 2.88 bits per heavy atom. The Labute approximate surface area is 101 Å². The monoisotopic (exact) mass is 253 g/mol. The zero-order valence-corrected chi connectivity index (χ0v) is 9.55. The fourth-order valence-corrected chi connectivity index (χ4v) is 1.61. The largest absolute Gasteiger partial charge is 0.495 e. The second kappa shape index (κ2) is 4.42. The van der Waals surface area contributed by atoms with E-state index in [1.807, 2.05) is 0 Å². The number of rotatable bonds is 3. The van der Waals surface area contributed by atoms with Crippen molar-refractivity contribution in [2.75, 3.05) is 7.11 Å². The van der Waals surface area contributed by atoms with Crippen molar-refractivity contribution in [1.29, 1.82) is 0 Å². The molecule has 0 radical (unpaired) electrons. The van der Waals surface area contributed by atoms with Gasteiger partial charge in [-0.2, -0.15) is 0 Å². The average molecular weight is 254 g/mol. The average Bonchev–Trinajstić information content (AvgIpc) is 2.77. The molecule has 1 heterocycles. The summed E-state index contributed by atoms with van der Waals surface area (Å²) in [5.41, 5.74) is 0.469. The first-order valence-electron chi connectivity index (χ1n) is 4.61. The molecule has 2 aromatic rings. The van der Waals surface area contributed by atoms with Crippen LogP contribution in [-0.4, -0.2) is 33.2 Å². The number of carboxylic acids is 1. The molecule has 1 aromatic carbocycles. The summed E-state index contributed by atoms with van der Waals surface area (Å²) in [4.78, 5) is 10.9. The van der Waals surface area contributed by atoms with Crippen LogP contribution in [0.25, 0.3) is 5.69 Å². The Bertz CT molecular complexity index is 568. The highest BCUT2D eigenvalue weighted by Crippen LogP contribution is 2.26. The third-order valence-electron chi connectivity index (χ3n) is 2.15. The van der Waals surface area contributed by atoms with Crippen molar-refractivity contribution in [3.05, 3.63) is 35.1 Å². The minimum Gasteiger partial charge on any atom is -0.495 e. The summed E-state index contributed by atoms with van der Waals surface area (Å²) in [6.07, 6.45) is 1.17. The lowest BCUT2D eigenvalue weighted by atomic mass is 10.3. The molecule has 7 heteroatoms. The SMILES string of the molecule is COc1ccc(-n2nncc2C(=O)O)cc1Cl. The van der Waals surface area contributed by atoms with Crippen LogP contribution in [0, 0.1) is 0 Å². The zero-order chi connectivity index (χ0) is 12.4. The molecule has 0 aliphatic rings. The van der Waals surface area contributed by atoms with Gasteiger partial charge < -0.3 is 9.84 Å². The van der Waals surface area contributed by atoms with Gasteiger partial charge in [-0.15, -0.1) is 5.10 Å². The van der Waals surface area contributed by atoms with E-state index in [1.165, 1.54) is 18.0 Å². The maximum absolute atomic E-state index is 10.9. The fourth-order valence-electron chi connectivity index (χ4n) is 1.36. The van der Waals surface area contributed by atoms with E-state index in [0.717, 1.165) is 0 Å². The number of benzene rings is 1. The standard InChI is InChI=1S/C10H8ClN3O3/c1-17-9-3-2-6(4-7(9)11)14-8(10(15)16)5-12-13-14/h2-5H,1H3,(H,15,16). The van der Waals surface area contributed by atoms with Crippen LogP contribution in [0.5, 0.6) is 5.75 Å². The van der Waals surface area contributed by atoms with Crippen LogP contribution < -0.4 is 4.74 Å². The van der Waals surface area contributed by atoms with Gasteiger partial charge in [-0.3, -0.25) is 0 Å². The van der Waals surface area contributed by atoms with E-state index in [4.69, 9.17) is 21.4 Å². The van der Waals surface area contributed by atoms with Crippen LogP contribution in [0.15, 0.2) is 24.4 Å². The molecule has 0 bridgehead atoms. The number of carboxylic acid groups (broad SMARTS) is 1. The Hall–Kier alpha value is -2.08. The lowest BCUT2D eigenvalue weighted by Gasteiger charge is -2.06. The van der Waals surface area contributed by atoms with Gasteiger partial charge in [-0.25, -0.2) is 9.48 Å². The van der Waals surface area contributed by atoms with Gasteiger partial charge in [0.05, 0.1) is 24.0 Å². The molecule has 17 heavy (non-hydrogen) atoms. The Balaban J connectivity index is 2.50. The first kappa shape index (κ1) is 11.4. The lowest BCUT2D eigenvalue weighted by molar-refractivity contribution is 0.0687. The Morgan fingerprint density at radius 1 is 1.53 bits per heavy atom. The number of ether oxygens (including phenoxy) is 1. The smallest absolute Gasteiger partial charge is 0.356 e. The van der Waals surface area contributed by atoms with Gasteiger partial charge in [0.1, 0.15) is 5.75 Å². The topological polar surface area (TPSA) is 77.2 Å². The Kier molecular flexibility index (Phi) is 2.97. The minimum atomic E-state index is -1.11. The van der Waals surface area contributed by atoms with Crippen LogP contribution in [0.1, 0.15) is 10.5 Å². The van der Waals surface area contributed by atoms with E-state index in [0.29, 0.717) is 16.5 Å². The summed E-state index contributed by atoms with van der Waals surface area (Å²) >= 11 is 5.94. The summed E-state index contributed by atoms with van der Waals surface area (Å²) in [6.45, 7) is 0. The molecule has 0 atom stereocenters. The van der Waals surface area contributed by atoms with Crippen molar-refractivity contribution >= 4 is 17.6 Å². The highest BCUT2D eigenvalue weighted by atomic mass is 35.5. The van der Waals surface area contributed by atoms with Crippen molar-refractivity contribution in [2.45, 2.75) is 0 Å². The first-order chi connectivity index (χ1) is 8.13. The highest BCUT2D eigenvalue weighted by molar-refractivity contribution is 6.32. The van der Waals surface area contributed by atoms with Gasteiger partial charge in [0.15, 0.2) is 5.69 Å². The van der Waals surface area contributed by atoms with Crippen LogP contribution in [-0.2, 0) is 0 Å². The normalized spacial score (nSPS) is 10.2. The van der Waals surface area contributed by atoms with Crippen molar-refractivity contribution in [2.24, 2.45) is 0 Å². The van der Waals surface area contributed by atoms with Crippen LogP contribution in [0.3, 0.4) is 0 Å². The highest BCUT2D eigenvalue weighted by Gasteiger charge is 2.14. The number of aromatic nitrogens is 3. The van der Waals surface area contributed by atoms with Gasteiger partial charge in [-0.1, -0.05) is 16.8 Å². The first-order valence-corrected chi connectivity index (χ1v) is 4.99. The van der Waals surface area contributed by atoms with E-state index in [1.54, 1.807) is 18.2 Å². The molecule has 0 aliphatic heterocycles. The third-order valence-corrected chi connectivity index (χ3v) is 2.44. The molecule has 0 saturated carbocycles. The summed E-state index contributed by atoms with van der Waals surface area (Å²) in [6, 6.07) is 4.83. The fraction of sp³-hybridized carbons (Fsp3) is 0.100. The quantitative estimate of drug-likeness (QED) is 0.900. The van der Waals surface area contributed by atoms with Crippen molar-refractivity contribution in [3.8, 4) is 11.4 Å². The molecule has 0 unspecified atom stereocenters. The van der Waals surface area contributed by atoms with Gasteiger partial charge in [0.2, 0.25) is 0 Å². The predicted molar refractivity (Wildman–Crippen MR) is 59.9 cm³/mol. The summed E-state index contributed by atoms with van der Waals surface area (Å²) in [7, 11) is 1.50. The maximum Gasteiger partial charge on any atom is 0.356 e. The number of hydrogen-bond donors (Lipinski definition) is 1. The number of nitrogens with zero attached hydrogens (tertiary/aromatic N) is 3. The second-order valence-electron chi connectivity index (χ2n) is 3.16. The van der Waals surface area contributed by atoms with Gasteiger partial charge >= 0.3 is 5.97 Å². The molecule has 0 fully saturated rings. The number of halogens is 1. The van der Waals surface area contributed by atoms with Gasteiger partial charge in [0.25, 0.3) is 0 Å². The van der Waals surface area contributed by atoms with Crippen LogP contribution in [0.2, 0.25) is 5.02 Å².